The fraction of sp³-hybridized carbons (Fsp3) is 0.263. The van der Waals surface area contributed by atoms with Gasteiger partial charge in [0, 0.05) is 6.04 Å². The smallest absolute Gasteiger partial charge is 0.407 e. The number of ether oxygens (including phenoxy) is 1. The zero-order valence-electron chi connectivity index (χ0n) is 13.4. The van der Waals surface area contributed by atoms with Crippen LogP contribution in [0.4, 0.5) is 4.79 Å². The van der Waals surface area contributed by atoms with Gasteiger partial charge in [0.1, 0.15) is 6.61 Å². The first-order valence-corrected chi connectivity index (χ1v) is 7.86. The Bertz CT molecular complexity index is 643. The maximum absolute atomic E-state index is 11.9. The number of carbonyl (C=O) groups excluding carboxylic acids is 1. The average molecular weight is 327 g/mol. The van der Waals surface area contributed by atoms with E-state index in [1.807, 2.05) is 60.7 Å². The number of aliphatic carboxylic acids is 1. The number of carboxylic acids is 1. The first-order valence-electron chi connectivity index (χ1n) is 7.86. The van der Waals surface area contributed by atoms with Crippen LogP contribution in [0.5, 0.6) is 0 Å². The van der Waals surface area contributed by atoms with Crippen molar-refractivity contribution in [3.8, 4) is 0 Å². The minimum atomic E-state index is -0.948. The molecule has 0 saturated heterocycles. The van der Waals surface area contributed by atoms with Crippen molar-refractivity contribution in [1.82, 2.24) is 5.32 Å². The van der Waals surface area contributed by atoms with Crippen LogP contribution in [0.15, 0.2) is 60.7 Å². The molecule has 0 radical (unpaired) electrons. The highest BCUT2D eigenvalue weighted by atomic mass is 16.5. The van der Waals surface area contributed by atoms with Gasteiger partial charge in [-0.1, -0.05) is 60.7 Å². The number of alkyl carbamates (subject to hydrolysis) is 1. The van der Waals surface area contributed by atoms with Crippen LogP contribution in [0.1, 0.15) is 24.0 Å². The summed E-state index contributed by atoms with van der Waals surface area (Å²) in [4.78, 5) is 22.9. The van der Waals surface area contributed by atoms with E-state index in [-0.39, 0.29) is 13.0 Å². The van der Waals surface area contributed by atoms with Crippen LogP contribution in [0.2, 0.25) is 0 Å². The molecule has 0 aliphatic carbocycles. The number of amides is 1. The largest absolute Gasteiger partial charge is 0.481 e. The van der Waals surface area contributed by atoms with E-state index < -0.39 is 18.1 Å². The van der Waals surface area contributed by atoms with E-state index in [1.54, 1.807) is 0 Å². The molecule has 0 aromatic heterocycles. The third-order valence-corrected chi connectivity index (χ3v) is 3.58. The van der Waals surface area contributed by atoms with Crippen molar-refractivity contribution in [3.63, 3.8) is 0 Å². The Morgan fingerprint density at radius 2 is 1.54 bits per heavy atom. The lowest BCUT2D eigenvalue weighted by atomic mass is 10.0. The number of carbonyl (C=O) groups is 2. The Labute approximate surface area is 141 Å². The molecule has 0 fully saturated rings. The maximum atomic E-state index is 11.9. The van der Waals surface area contributed by atoms with Gasteiger partial charge in [0.2, 0.25) is 0 Å². The fourth-order valence-corrected chi connectivity index (χ4v) is 2.35. The zero-order chi connectivity index (χ0) is 17.2. The Morgan fingerprint density at radius 1 is 0.958 bits per heavy atom. The molecule has 126 valence electrons. The molecule has 0 heterocycles. The summed E-state index contributed by atoms with van der Waals surface area (Å²) in [5, 5.41) is 11.7. The van der Waals surface area contributed by atoms with Crippen LogP contribution >= 0.6 is 0 Å². The van der Waals surface area contributed by atoms with E-state index in [4.69, 9.17) is 9.84 Å². The van der Waals surface area contributed by atoms with Crippen molar-refractivity contribution >= 4 is 12.1 Å². The Morgan fingerprint density at radius 3 is 2.12 bits per heavy atom. The molecule has 24 heavy (non-hydrogen) atoms. The molecule has 0 spiro atoms. The third-order valence-electron chi connectivity index (χ3n) is 3.58. The van der Waals surface area contributed by atoms with Crippen molar-refractivity contribution in [2.75, 3.05) is 0 Å². The molecule has 2 N–H and O–H groups in total. The van der Waals surface area contributed by atoms with Crippen molar-refractivity contribution in [3.05, 3.63) is 71.8 Å². The van der Waals surface area contributed by atoms with E-state index in [0.29, 0.717) is 12.8 Å². The second-order valence-electron chi connectivity index (χ2n) is 5.53. The van der Waals surface area contributed by atoms with Gasteiger partial charge in [0.15, 0.2) is 0 Å². The lowest BCUT2D eigenvalue weighted by molar-refractivity contribution is -0.137. The van der Waals surface area contributed by atoms with Gasteiger partial charge >= 0.3 is 12.1 Å². The van der Waals surface area contributed by atoms with E-state index in [1.165, 1.54) is 0 Å². The number of aryl methyl sites for hydroxylation is 1. The summed E-state index contributed by atoms with van der Waals surface area (Å²) in [6, 6.07) is 18.6. The molecule has 2 aromatic carbocycles. The van der Waals surface area contributed by atoms with Gasteiger partial charge in [-0.05, 0) is 24.0 Å². The summed E-state index contributed by atoms with van der Waals surface area (Å²) in [6.07, 6.45) is 0.500. The second-order valence-corrected chi connectivity index (χ2v) is 5.53. The maximum Gasteiger partial charge on any atom is 0.407 e. The van der Waals surface area contributed by atoms with Gasteiger partial charge in [0.05, 0.1) is 6.42 Å². The molecule has 2 aromatic rings. The molecule has 0 saturated carbocycles. The van der Waals surface area contributed by atoms with E-state index in [0.717, 1.165) is 11.1 Å². The summed E-state index contributed by atoms with van der Waals surface area (Å²) >= 11 is 0. The van der Waals surface area contributed by atoms with Crippen LogP contribution in [0.25, 0.3) is 0 Å². The van der Waals surface area contributed by atoms with Crippen molar-refractivity contribution < 1.29 is 19.4 Å². The van der Waals surface area contributed by atoms with E-state index in [9.17, 15) is 9.59 Å². The number of nitrogens with one attached hydrogen (secondary N) is 1. The van der Waals surface area contributed by atoms with Crippen molar-refractivity contribution in [1.29, 1.82) is 0 Å². The highest BCUT2D eigenvalue weighted by molar-refractivity contribution is 5.71. The Hall–Kier alpha value is -2.82. The standard InChI is InChI=1S/C19H21NO4/c21-18(22)13-17(12-11-15-7-3-1-4-8-15)20-19(23)24-14-16-9-5-2-6-10-16/h1-10,17H,11-14H2,(H,20,23)(H,21,22)/t17-/m1/s1. The normalized spacial score (nSPS) is 11.5. The summed E-state index contributed by atoms with van der Waals surface area (Å²) in [5.74, 6) is -0.948. The van der Waals surface area contributed by atoms with Crippen LogP contribution in [-0.4, -0.2) is 23.2 Å². The molecule has 1 atom stereocenters. The molecule has 0 aliphatic rings. The topological polar surface area (TPSA) is 75.6 Å². The molecule has 1 amide bonds. The fourth-order valence-electron chi connectivity index (χ4n) is 2.35. The average Bonchev–Trinajstić information content (AvgIpc) is 2.59. The van der Waals surface area contributed by atoms with Crippen LogP contribution in [-0.2, 0) is 22.6 Å². The zero-order valence-corrected chi connectivity index (χ0v) is 13.4. The summed E-state index contributed by atoms with van der Waals surface area (Å²) in [6.45, 7) is 0.158. The minimum absolute atomic E-state index is 0.132. The van der Waals surface area contributed by atoms with Crippen LogP contribution < -0.4 is 5.32 Å². The number of hydrogen-bond acceptors (Lipinski definition) is 3. The van der Waals surface area contributed by atoms with Gasteiger partial charge in [-0.2, -0.15) is 0 Å². The molecule has 0 aliphatic heterocycles. The number of rotatable bonds is 8. The van der Waals surface area contributed by atoms with E-state index >= 15 is 0 Å². The number of hydrogen-bond donors (Lipinski definition) is 2. The van der Waals surface area contributed by atoms with Gasteiger partial charge in [-0.25, -0.2) is 4.79 Å². The first-order chi connectivity index (χ1) is 11.6. The number of carboxylic acid groups (broad SMARTS) is 1. The highest BCUT2D eigenvalue weighted by Crippen LogP contribution is 2.08. The SMILES string of the molecule is O=C(O)C[C@@H](CCc1ccccc1)NC(=O)OCc1ccccc1. The van der Waals surface area contributed by atoms with Gasteiger partial charge < -0.3 is 15.2 Å². The van der Waals surface area contributed by atoms with E-state index in [2.05, 4.69) is 5.32 Å². The van der Waals surface area contributed by atoms with Crippen LogP contribution in [0, 0.1) is 0 Å². The highest BCUT2D eigenvalue weighted by Gasteiger charge is 2.17. The van der Waals surface area contributed by atoms with Gasteiger partial charge in [-0.15, -0.1) is 0 Å². The third kappa shape index (κ3) is 6.52. The second kappa shape index (κ2) is 9.35. The van der Waals surface area contributed by atoms with Gasteiger partial charge in [0.25, 0.3) is 0 Å². The van der Waals surface area contributed by atoms with Crippen molar-refractivity contribution in [2.24, 2.45) is 0 Å². The molecular weight excluding hydrogens is 306 g/mol. The molecule has 5 nitrogen and oxygen atoms in total. The minimum Gasteiger partial charge on any atom is -0.481 e. The summed E-state index contributed by atoms with van der Waals surface area (Å²) < 4.78 is 5.15. The Balaban J connectivity index is 1.83. The first kappa shape index (κ1) is 17.5. The predicted molar refractivity (Wildman–Crippen MR) is 90.6 cm³/mol. The molecule has 5 heteroatoms. The summed E-state index contributed by atoms with van der Waals surface area (Å²) in [5.41, 5.74) is 1.99. The molecule has 2 rings (SSSR count). The lowest BCUT2D eigenvalue weighted by Crippen LogP contribution is -2.37. The van der Waals surface area contributed by atoms with Crippen LogP contribution in [0.3, 0.4) is 0 Å². The summed E-state index contributed by atoms with van der Waals surface area (Å²) in [7, 11) is 0. The molecule has 0 unspecified atom stereocenters. The lowest BCUT2D eigenvalue weighted by Gasteiger charge is -2.17. The molecular formula is C19H21NO4. The van der Waals surface area contributed by atoms with Crippen molar-refractivity contribution in [2.45, 2.75) is 31.9 Å². The molecule has 0 bridgehead atoms. The Kier molecular flexibility index (Phi) is 6.83. The van der Waals surface area contributed by atoms with Gasteiger partial charge in [-0.3, -0.25) is 4.79 Å². The monoisotopic (exact) mass is 327 g/mol. The quantitative estimate of drug-likeness (QED) is 0.779. The predicted octanol–water partition coefficient (Wildman–Crippen LogP) is 3.39. The number of benzene rings is 2.